The van der Waals surface area contributed by atoms with Crippen LogP contribution in [0.1, 0.15) is 58.8 Å². The van der Waals surface area contributed by atoms with Crippen LogP contribution in [0.2, 0.25) is 0 Å². The van der Waals surface area contributed by atoms with E-state index in [1.807, 2.05) is 0 Å². The van der Waals surface area contributed by atoms with Crippen molar-refractivity contribution in [1.29, 1.82) is 0 Å². The lowest BCUT2D eigenvalue weighted by Gasteiger charge is -2.36. The van der Waals surface area contributed by atoms with Gasteiger partial charge in [-0.05, 0) is 18.8 Å². The van der Waals surface area contributed by atoms with E-state index < -0.39 is 0 Å². The fourth-order valence-electron chi connectivity index (χ4n) is 2.88. The molecule has 1 fully saturated rings. The second kappa shape index (κ2) is 8.08. The quantitative estimate of drug-likeness (QED) is 0.722. The molecule has 0 atom stereocenters. The number of hydrogen-bond acceptors (Lipinski definition) is 2. The number of hydrogen-bond donors (Lipinski definition) is 1. The summed E-state index contributed by atoms with van der Waals surface area (Å²) < 4.78 is 0. The van der Waals surface area contributed by atoms with Gasteiger partial charge in [-0.25, -0.2) is 0 Å². The summed E-state index contributed by atoms with van der Waals surface area (Å²) in [5.41, 5.74) is 0. The number of aliphatic hydroxyl groups excluding tert-OH is 1. The summed E-state index contributed by atoms with van der Waals surface area (Å²) in [5, 5.41) is 9.18. The Bertz CT molecular complexity index is 162. The highest BCUT2D eigenvalue weighted by Gasteiger charge is 2.22. The third-order valence-corrected chi connectivity index (χ3v) is 4.13. The molecule has 1 N–H and O–H groups in total. The van der Waals surface area contributed by atoms with Gasteiger partial charge in [-0.2, -0.15) is 0 Å². The van der Waals surface area contributed by atoms with Crippen LogP contribution < -0.4 is 0 Å². The highest BCUT2D eigenvalue weighted by molar-refractivity contribution is 4.77. The van der Waals surface area contributed by atoms with E-state index in [0.29, 0.717) is 6.61 Å². The fraction of sp³-hybridized carbons (Fsp3) is 1.00. The van der Waals surface area contributed by atoms with Crippen LogP contribution in [0.25, 0.3) is 0 Å². The largest absolute Gasteiger partial charge is 0.395 e. The van der Waals surface area contributed by atoms with Gasteiger partial charge >= 0.3 is 0 Å². The summed E-state index contributed by atoms with van der Waals surface area (Å²) in [7, 11) is 0. The van der Waals surface area contributed by atoms with Gasteiger partial charge in [-0.15, -0.1) is 0 Å². The minimum Gasteiger partial charge on any atom is -0.395 e. The second-order valence-electron chi connectivity index (χ2n) is 5.19. The van der Waals surface area contributed by atoms with Gasteiger partial charge in [0.05, 0.1) is 6.61 Å². The van der Waals surface area contributed by atoms with E-state index in [1.165, 1.54) is 51.5 Å². The molecule has 2 nitrogen and oxygen atoms in total. The van der Waals surface area contributed by atoms with Crippen LogP contribution in [0.3, 0.4) is 0 Å². The van der Waals surface area contributed by atoms with Crippen LogP contribution in [0.4, 0.5) is 0 Å². The average molecular weight is 227 g/mol. The number of aliphatic hydroxyl groups is 1. The molecule has 1 rings (SSSR count). The van der Waals surface area contributed by atoms with Crippen molar-refractivity contribution in [2.75, 3.05) is 19.7 Å². The molecule has 96 valence electrons. The Kier molecular flexibility index (Phi) is 7.06. The molecular formula is C14H29NO. The van der Waals surface area contributed by atoms with Crippen molar-refractivity contribution in [3.8, 4) is 0 Å². The lowest BCUT2D eigenvalue weighted by Crippen LogP contribution is -2.41. The maximum absolute atomic E-state index is 9.18. The van der Waals surface area contributed by atoms with Crippen molar-refractivity contribution in [3.63, 3.8) is 0 Å². The molecule has 0 spiro atoms. The van der Waals surface area contributed by atoms with Crippen LogP contribution in [-0.2, 0) is 0 Å². The molecule has 1 aliphatic carbocycles. The first-order chi connectivity index (χ1) is 7.81. The lowest BCUT2D eigenvalue weighted by atomic mass is 9.92. The standard InChI is InChI=1S/C14H29NO/c1-3-13(4-2)12-15(10-11-16)14-8-6-5-7-9-14/h13-14,16H,3-12H2,1-2H3. The molecule has 0 radical (unpaired) electrons. The zero-order valence-electron chi connectivity index (χ0n) is 11.1. The van der Waals surface area contributed by atoms with Crippen molar-refractivity contribution in [2.24, 2.45) is 5.92 Å². The summed E-state index contributed by atoms with van der Waals surface area (Å²) in [4.78, 5) is 2.55. The molecule has 1 aliphatic rings. The van der Waals surface area contributed by atoms with Crippen molar-refractivity contribution in [3.05, 3.63) is 0 Å². The Morgan fingerprint density at radius 2 is 1.75 bits per heavy atom. The van der Waals surface area contributed by atoms with Gasteiger partial charge in [0.15, 0.2) is 0 Å². The number of rotatable bonds is 7. The summed E-state index contributed by atoms with van der Waals surface area (Å²) in [6.07, 6.45) is 9.41. The Labute approximate surface area is 101 Å². The van der Waals surface area contributed by atoms with E-state index in [4.69, 9.17) is 0 Å². The predicted molar refractivity (Wildman–Crippen MR) is 69.6 cm³/mol. The molecule has 0 bridgehead atoms. The third kappa shape index (κ3) is 4.42. The van der Waals surface area contributed by atoms with Crippen molar-refractivity contribution in [2.45, 2.75) is 64.8 Å². The SMILES string of the molecule is CCC(CC)CN(CCO)C1CCCCC1. The molecule has 2 heteroatoms. The Morgan fingerprint density at radius 3 is 2.25 bits per heavy atom. The maximum Gasteiger partial charge on any atom is 0.0558 e. The summed E-state index contributed by atoms with van der Waals surface area (Å²) in [6.45, 7) is 6.95. The molecule has 0 aliphatic heterocycles. The fourth-order valence-corrected chi connectivity index (χ4v) is 2.88. The normalized spacial score (nSPS) is 18.6. The Hall–Kier alpha value is -0.0800. The van der Waals surface area contributed by atoms with Gasteiger partial charge in [0.25, 0.3) is 0 Å². The van der Waals surface area contributed by atoms with Gasteiger partial charge in [-0.3, -0.25) is 4.90 Å². The topological polar surface area (TPSA) is 23.5 Å². The smallest absolute Gasteiger partial charge is 0.0558 e. The molecule has 0 amide bonds. The van der Waals surface area contributed by atoms with Crippen molar-refractivity contribution in [1.82, 2.24) is 4.90 Å². The molecule has 0 heterocycles. The first-order valence-electron chi connectivity index (χ1n) is 7.16. The molecule has 1 saturated carbocycles. The summed E-state index contributed by atoms with van der Waals surface area (Å²) in [6, 6.07) is 0.751. The van der Waals surface area contributed by atoms with E-state index in [9.17, 15) is 5.11 Å². The highest BCUT2D eigenvalue weighted by atomic mass is 16.3. The van der Waals surface area contributed by atoms with E-state index in [1.54, 1.807) is 0 Å². The molecule has 0 aromatic heterocycles. The van der Waals surface area contributed by atoms with Gasteiger partial charge in [0, 0.05) is 19.1 Å². The monoisotopic (exact) mass is 227 g/mol. The van der Waals surface area contributed by atoms with Crippen LogP contribution in [0.5, 0.6) is 0 Å². The van der Waals surface area contributed by atoms with Crippen LogP contribution in [-0.4, -0.2) is 35.7 Å². The minimum absolute atomic E-state index is 0.316. The van der Waals surface area contributed by atoms with E-state index in [-0.39, 0.29) is 0 Å². The zero-order valence-corrected chi connectivity index (χ0v) is 11.1. The van der Waals surface area contributed by atoms with Crippen molar-refractivity contribution >= 4 is 0 Å². The molecular weight excluding hydrogens is 198 g/mol. The Balaban J connectivity index is 2.44. The summed E-state index contributed by atoms with van der Waals surface area (Å²) in [5.74, 6) is 0.813. The molecule has 16 heavy (non-hydrogen) atoms. The molecule has 0 saturated heterocycles. The lowest BCUT2D eigenvalue weighted by molar-refractivity contribution is 0.104. The van der Waals surface area contributed by atoms with Gasteiger partial charge < -0.3 is 5.11 Å². The number of nitrogens with zero attached hydrogens (tertiary/aromatic N) is 1. The van der Waals surface area contributed by atoms with E-state index in [2.05, 4.69) is 18.7 Å². The van der Waals surface area contributed by atoms with Gasteiger partial charge in [0.2, 0.25) is 0 Å². The van der Waals surface area contributed by atoms with E-state index >= 15 is 0 Å². The van der Waals surface area contributed by atoms with E-state index in [0.717, 1.165) is 18.5 Å². The van der Waals surface area contributed by atoms with Crippen LogP contribution in [0.15, 0.2) is 0 Å². The van der Waals surface area contributed by atoms with Crippen molar-refractivity contribution < 1.29 is 5.11 Å². The maximum atomic E-state index is 9.18. The Morgan fingerprint density at radius 1 is 1.12 bits per heavy atom. The second-order valence-corrected chi connectivity index (χ2v) is 5.19. The molecule has 0 aromatic carbocycles. The molecule has 0 aromatic rings. The van der Waals surface area contributed by atoms with Crippen LogP contribution >= 0.6 is 0 Å². The first-order valence-corrected chi connectivity index (χ1v) is 7.16. The molecule has 0 unspecified atom stereocenters. The first kappa shape index (κ1) is 14.0. The zero-order chi connectivity index (χ0) is 11.8. The van der Waals surface area contributed by atoms with Gasteiger partial charge in [0.1, 0.15) is 0 Å². The summed E-state index contributed by atoms with van der Waals surface area (Å²) >= 11 is 0. The van der Waals surface area contributed by atoms with Gasteiger partial charge in [-0.1, -0.05) is 46.0 Å². The minimum atomic E-state index is 0.316. The third-order valence-electron chi connectivity index (χ3n) is 4.13. The highest BCUT2D eigenvalue weighted by Crippen LogP contribution is 2.24. The van der Waals surface area contributed by atoms with Crippen LogP contribution in [0, 0.1) is 5.92 Å². The average Bonchev–Trinajstić information content (AvgIpc) is 2.35. The predicted octanol–water partition coefficient (Wildman–Crippen LogP) is 3.05.